The highest BCUT2D eigenvalue weighted by Crippen LogP contribution is 2.36. The lowest BCUT2D eigenvalue weighted by atomic mass is 9.97. The van der Waals surface area contributed by atoms with Crippen LogP contribution >= 0.6 is 0 Å². The first-order chi connectivity index (χ1) is 15.8. The highest BCUT2D eigenvalue weighted by atomic mass is 16.5. The van der Waals surface area contributed by atoms with E-state index in [9.17, 15) is 9.59 Å². The van der Waals surface area contributed by atoms with Crippen molar-refractivity contribution in [1.29, 1.82) is 0 Å². The van der Waals surface area contributed by atoms with Crippen LogP contribution in [0.5, 0.6) is 5.75 Å². The van der Waals surface area contributed by atoms with E-state index in [1.165, 1.54) is 4.90 Å². The fourth-order valence-corrected chi connectivity index (χ4v) is 4.06. The van der Waals surface area contributed by atoms with Gasteiger partial charge in [0.1, 0.15) is 11.4 Å². The molecule has 5 nitrogen and oxygen atoms in total. The second kappa shape index (κ2) is 8.94. The summed E-state index contributed by atoms with van der Waals surface area (Å²) in [6.45, 7) is 9.79. The van der Waals surface area contributed by atoms with Crippen molar-refractivity contribution in [2.45, 2.75) is 40.7 Å². The second-order valence-electron chi connectivity index (χ2n) is 8.62. The largest absolute Gasteiger partial charge is 0.491 e. The molecule has 1 N–H and O–H groups in total. The number of nitrogens with one attached hydrogen (secondary N) is 1. The molecule has 0 aromatic heterocycles. The Hall–Kier alpha value is -3.86. The predicted molar refractivity (Wildman–Crippen MR) is 132 cm³/mol. The number of benzene rings is 3. The lowest BCUT2D eigenvalue weighted by Crippen LogP contribution is -2.33. The number of carbonyl (C=O) groups is 2. The summed E-state index contributed by atoms with van der Waals surface area (Å²) in [4.78, 5) is 28.5. The minimum Gasteiger partial charge on any atom is -0.491 e. The Bertz CT molecular complexity index is 1260. The number of amides is 2. The predicted octanol–water partition coefficient (Wildman–Crippen LogP) is 5.80. The van der Waals surface area contributed by atoms with E-state index in [4.69, 9.17) is 4.74 Å². The topological polar surface area (TPSA) is 58.6 Å². The number of hydrogen-bond acceptors (Lipinski definition) is 4. The fraction of sp³-hybridized carbons (Fsp3) is 0.214. The van der Waals surface area contributed by atoms with Crippen LogP contribution in [-0.2, 0) is 9.59 Å². The van der Waals surface area contributed by atoms with Crippen molar-refractivity contribution in [1.82, 2.24) is 0 Å². The summed E-state index contributed by atoms with van der Waals surface area (Å²) in [6, 6.07) is 20.7. The molecule has 168 valence electrons. The molecule has 4 rings (SSSR count). The Kier molecular flexibility index (Phi) is 6.05. The van der Waals surface area contributed by atoms with Crippen molar-refractivity contribution in [2.75, 3.05) is 10.2 Å². The van der Waals surface area contributed by atoms with Gasteiger partial charge < -0.3 is 10.1 Å². The van der Waals surface area contributed by atoms with E-state index in [2.05, 4.69) is 5.32 Å². The zero-order valence-corrected chi connectivity index (χ0v) is 19.6. The average Bonchev–Trinajstić information content (AvgIpc) is 2.99. The maximum absolute atomic E-state index is 13.7. The van der Waals surface area contributed by atoms with Gasteiger partial charge in [-0.3, -0.25) is 9.59 Å². The van der Waals surface area contributed by atoms with E-state index in [0.717, 1.165) is 28.0 Å². The highest BCUT2D eigenvalue weighted by molar-refractivity contribution is 6.46. The summed E-state index contributed by atoms with van der Waals surface area (Å²) in [5, 5.41) is 3.22. The van der Waals surface area contributed by atoms with Crippen LogP contribution in [-0.4, -0.2) is 17.9 Å². The van der Waals surface area contributed by atoms with Crippen molar-refractivity contribution in [3.63, 3.8) is 0 Å². The summed E-state index contributed by atoms with van der Waals surface area (Å²) in [7, 11) is 0. The van der Waals surface area contributed by atoms with Gasteiger partial charge in [0, 0.05) is 5.69 Å². The lowest BCUT2D eigenvalue weighted by Gasteiger charge is -2.18. The number of anilines is 2. The molecule has 33 heavy (non-hydrogen) atoms. The maximum atomic E-state index is 13.7. The minimum atomic E-state index is -0.369. The van der Waals surface area contributed by atoms with Crippen LogP contribution in [0, 0.1) is 20.8 Å². The number of nitrogens with zero attached hydrogens (tertiary/aromatic N) is 1. The average molecular weight is 441 g/mol. The molecule has 1 aliphatic rings. The molecule has 5 heteroatoms. The van der Waals surface area contributed by atoms with Gasteiger partial charge in [-0.1, -0.05) is 42.0 Å². The molecule has 0 bridgehead atoms. The van der Waals surface area contributed by atoms with Crippen LogP contribution in [0.1, 0.15) is 36.1 Å². The molecule has 0 fully saturated rings. The molecule has 0 atom stereocenters. The van der Waals surface area contributed by atoms with Crippen molar-refractivity contribution in [3.8, 4) is 5.75 Å². The lowest BCUT2D eigenvalue weighted by molar-refractivity contribution is -0.120. The van der Waals surface area contributed by atoms with Gasteiger partial charge in [-0.2, -0.15) is 0 Å². The van der Waals surface area contributed by atoms with Crippen molar-refractivity contribution < 1.29 is 14.3 Å². The van der Waals surface area contributed by atoms with E-state index in [1.54, 1.807) is 6.07 Å². The van der Waals surface area contributed by atoms with Gasteiger partial charge in [-0.15, -0.1) is 0 Å². The number of hydrogen-bond donors (Lipinski definition) is 1. The van der Waals surface area contributed by atoms with Gasteiger partial charge in [0.05, 0.1) is 17.4 Å². The SMILES string of the molecule is Cc1ccc(C2=C(Nc3ccc(OC(C)C)cc3)C(=O)N(c3ccccc3C)C2=O)c(C)c1. The van der Waals surface area contributed by atoms with E-state index in [-0.39, 0.29) is 23.6 Å². The molecule has 1 heterocycles. The third-order valence-corrected chi connectivity index (χ3v) is 5.59. The first kappa shape index (κ1) is 22.3. The number of ether oxygens (including phenoxy) is 1. The molecular formula is C28H28N2O3. The summed E-state index contributed by atoms with van der Waals surface area (Å²) < 4.78 is 5.71. The molecule has 0 unspecified atom stereocenters. The first-order valence-corrected chi connectivity index (χ1v) is 11.1. The zero-order valence-electron chi connectivity index (χ0n) is 19.6. The molecule has 0 saturated carbocycles. The number of aryl methyl sites for hydroxylation is 3. The smallest absolute Gasteiger partial charge is 0.282 e. The van der Waals surface area contributed by atoms with E-state index in [0.29, 0.717) is 16.9 Å². The molecule has 0 spiro atoms. The minimum absolute atomic E-state index is 0.0688. The van der Waals surface area contributed by atoms with Gasteiger partial charge >= 0.3 is 0 Å². The first-order valence-electron chi connectivity index (χ1n) is 11.1. The van der Waals surface area contributed by atoms with E-state index in [1.807, 2.05) is 95.3 Å². The summed E-state index contributed by atoms with van der Waals surface area (Å²) in [5.41, 5.74) is 5.59. The Morgan fingerprint density at radius 2 is 1.52 bits per heavy atom. The monoisotopic (exact) mass is 440 g/mol. The molecule has 3 aromatic carbocycles. The van der Waals surface area contributed by atoms with Crippen molar-refractivity contribution in [3.05, 3.63) is 94.7 Å². The molecule has 0 aliphatic carbocycles. The van der Waals surface area contributed by atoms with Gasteiger partial charge in [0.15, 0.2) is 0 Å². The molecule has 0 radical (unpaired) electrons. The Morgan fingerprint density at radius 3 is 2.15 bits per heavy atom. The molecular weight excluding hydrogens is 412 g/mol. The number of para-hydroxylation sites is 1. The van der Waals surface area contributed by atoms with Crippen LogP contribution in [0.2, 0.25) is 0 Å². The van der Waals surface area contributed by atoms with Gasteiger partial charge in [-0.25, -0.2) is 4.90 Å². The number of imide groups is 1. The summed E-state index contributed by atoms with van der Waals surface area (Å²) >= 11 is 0. The fourth-order valence-electron chi connectivity index (χ4n) is 4.06. The van der Waals surface area contributed by atoms with Crippen LogP contribution in [0.25, 0.3) is 5.57 Å². The Balaban J connectivity index is 1.79. The summed E-state index contributed by atoms with van der Waals surface area (Å²) in [6.07, 6.45) is 0.0688. The molecule has 2 amide bonds. The highest BCUT2D eigenvalue weighted by Gasteiger charge is 2.41. The van der Waals surface area contributed by atoms with Crippen molar-refractivity contribution >= 4 is 28.8 Å². The summed E-state index contributed by atoms with van der Waals surface area (Å²) in [5.74, 6) is 0.0461. The second-order valence-corrected chi connectivity index (χ2v) is 8.62. The Morgan fingerprint density at radius 1 is 0.818 bits per heavy atom. The van der Waals surface area contributed by atoms with Crippen LogP contribution in [0.15, 0.2) is 72.4 Å². The molecule has 3 aromatic rings. The van der Waals surface area contributed by atoms with Gasteiger partial charge in [-0.05, 0) is 81.6 Å². The Labute approximate surface area is 194 Å². The maximum Gasteiger partial charge on any atom is 0.282 e. The van der Waals surface area contributed by atoms with Crippen LogP contribution in [0.4, 0.5) is 11.4 Å². The van der Waals surface area contributed by atoms with Crippen molar-refractivity contribution in [2.24, 2.45) is 0 Å². The zero-order chi connectivity index (χ0) is 23.7. The van der Waals surface area contributed by atoms with Gasteiger partial charge in [0.25, 0.3) is 11.8 Å². The van der Waals surface area contributed by atoms with Crippen LogP contribution in [0.3, 0.4) is 0 Å². The van der Waals surface area contributed by atoms with Crippen LogP contribution < -0.4 is 15.0 Å². The molecule has 1 aliphatic heterocycles. The normalized spacial score (nSPS) is 13.8. The number of rotatable bonds is 6. The van der Waals surface area contributed by atoms with Gasteiger partial charge in [0.2, 0.25) is 0 Å². The number of carbonyl (C=O) groups excluding carboxylic acids is 2. The standard InChI is InChI=1S/C28H28N2O3/c1-17(2)33-22-13-11-21(12-14-22)29-26-25(23-15-10-18(3)16-20(23)5)27(31)30(28(26)32)24-9-7-6-8-19(24)4/h6-17,29H,1-5H3. The van der Waals surface area contributed by atoms with E-state index >= 15 is 0 Å². The third kappa shape index (κ3) is 4.40. The molecule has 0 saturated heterocycles. The van der Waals surface area contributed by atoms with E-state index < -0.39 is 0 Å². The quantitative estimate of drug-likeness (QED) is 0.493. The third-order valence-electron chi connectivity index (χ3n) is 5.59.